The lowest BCUT2D eigenvalue weighted by molar-refractivity contribution is 0.388. The second-order valence-corrected chi connectivity index (χ2v) is 7.33. The minimum atomic E-state index is 0.598. The first kappa shape index (κ1) is 18.0. The first-order chi connectivity index (χ1) is 12.2. The number of hydrogen-bond acceptors (Lipinski definition) is 1. The normalized spacial score (nSPS) is 11.2. The Hall–Kier alpha value is -1.77. The Kier molecular flexibility index (Phi) is 6.55. The van der Waals surface area contributed by atoms with E-state index in [9.17, 15) is 0 Å². The van der Waals surface area contributed by atoms with Crippen molar-refractivity contribution < 1.29 is 0 Å². The van der Waals surface area contributed by atoms with E-state index in [1.807, 2.05) is 43.0 Å². The van der Waals surface area contributed by atoms with Crippen molar-refractivity contribution in [3.05, 3.63) is 88.4 Å². The second kappa shape index (κ2) is 9.07. The van der Waals surface area contributed by atoms with Crippen LogP contribution in [0.15, 0.2) is 67.3 Å². The smallest absolute Gasteiger partial charge is 0.0945 e. The third-order valence-corrected chi connectivity index (χ3v) is 5.04. The summed E-state index contributed by atoms with van der Waals surface area (Å²) in [7, 11) is 0. The highest BCUT2D eigenvalue weighted by molar-refractivity contribution is 6.30. The number of hydrogen-bond donors (Lipinski definition) is 0. The van der Waals surface area contributed by atoms with E-state index in [0.717, 1.165) is 42.3 Å². The molecule has 25 heavy (non-hydrogen) atoms. The largest absolute Gasteiger partial charge is 0.337 e. The summed E-state index contributed by atoms with van der Waals surface area (Å²) in [4.78, 5) is 4.16. The topological polar surface area (TPSA) is 17.8 Å². The lowest BCUT2D eigenvalue weighted by atomic mass is 9.93. The van der Waals surface area contributed by atoms with Gasteiger partial charge in [0.05, 0.1) is 6.33 Å². The predicted molar refractivity (Wildman–Crippen MR) is 105 cm³/mol. The van der Waals surface area contributed by atoms with Gasteiger partial charge in [-0.25, -0.2) is 4.98 Å². The molecule has 0 atom stereocenters. The third kappa shape index (κ3) is 5.91. The van der Waals surface area contributed by atoms with Crippen LogP contribution in [0.4, 0.5) is 0 Å². The molecule has 130 valence electrons. The lowest BCUT2D eigenvalue weighted by Crippen LogP contribution is -2.12. The van der Waals surface area contributed by atoms with Gasteiger partial charge in [-0.15, -0.1) is 0 Å². The number of imidazole rings is 1. The molecule has 0 radical (unpaired) electrons. The van der Waals surface area contributed by atoms with Crippen LogP contribution in [0.25, 0.3) is 0 Å². The Morgan fingerprint density at radius 3 is 1.76 bits per heavy atom. The van der Waals surface area contributed by atoms with Crippen molar-refractivity contribution in [3.63, 3.8) is 0 Å². The average Bonchev–Trinajstić information content (AvgIpc) is 3.13. The van der Waals surface area contributed by atoms with E-state index in [0.29, 0.717) is 5.92 Å². The Balaban J connectivity index is 1.59. The summed E-state index contributed by atoms with van der Waals surface area (Å²) in [5, 5.41) is 1.59. The molecule has 3 rings (SSSR count). The highest BCUT2D eigenvalue weighted by atomic mass is 35.5. The van der Waals surface area contributed by atoms with Crippen LogP contribution in [0.5, 0.6) is 0 Å². The fraction of sp³-hybridized carbons (Fsp3) is 0.286. The van der Waals surface area contributed by atoms with Gasteiger partial charge in [-0.3, -0.25) is 0 Å². The van der Waals surface area contributed by atoms with Gasteiger partial charge in [0.1, 0.15) is 0 Å². The van der Waals surface area contributed by atoms with Gasteiger partial charge in [0.25, 0.3) is 0 Å². The molecular weight excluding hydrogens is 351 g/mol. The summed E-state index contributed by atoms with van der Waals surface area (Å²) in [6.07, 6.45) is 10.2. The molecule has 1 aromatic heterocycles. The van der Waals surface area contributed by atoms with Gasteiger partial charge in [-0.1, -0.05) is 47.5 Å². The highest BCUT2D eigenvalue weighted by Gasteiger charge is 2.11. The van der Waals surface area contributed by atoms with Gasteiger partial charge < -0.3 is 4.57 Å². The van der Waals surface area contributed by atoms with Gasteiger partial charge >= 0.3 is 0 Å². The molecule has 0 fully saturated rings. The monoisotopic (exact) mass is 372 g/mol. The van der Waals surface area contributed by atoms with Crippen LogP contribution in [-0.4, -0.2) is 9.55 Å². The number of halogens is 2. The SMILES string of the molecule is Clc1ccc(CCC(CCc2ccc(Cl)cc2)Cn2ccnc2)cc1. The second-order valence-electron chi connectivity index (χ2n) is 6.46. The van der Waals surface area contributed by atoms with E-state index >= 15 is 0 Å². The fourth-order valence-electron chi connectivity index (χ4n) is 3.06. The van der Waals surface area contributed by atoms with Crippen LogP contribution in [0, 0.1) is 5.92 Å². The number of nitrogens with zero attached hydrogens (tertiary/aromatic N) is 2. The fourth-order valence-corrected chi connectivity index (χ4v) is 3.32. The van der Waals surface area contributed by atoms with Gasteiger partial charge in [-0.05, 0) is 67.0 Å². The first-order valence-corrected chi connectivity index (χ1v) is 9.39. The molecule has 2 nitrogen and oxygen atoms in total. The van der Waals surface area contributed by atoms with Crippen molar-refractivity contribution >= 4 is 23.2 Å². The van der Waals surface area contributed by atoms with Crippen molar-refractivity contribution in [3.8, 4) is 0 Å². The van der Waals surface area contributed by atoms with Crippen molar-refractivity contribution in [2.45, 2.75) is 32.2 Å². The van der Waals surface area contributed by atoms with Gasteiger partial charge in [-0.2, -0.15) is 0 Å². The summed E-state index contributed by atoms with van der Waals surface area (Å²) < 4.78 is 2.17. The summed E-state index contributed by atoms with van der Waals surface area (Å²) in [5.41, 5.74) is 2.68. The summed E-state index contributed by atoms with van der Waals surface area (Å²) >= 11 is 12.0. The van der Waals surface area contributed by atoms with E-state index in [2.05, 4.69) is 33.8 Å². The number of aromatic nitrogens is 2. The van der Waals surface area contributed by atoms with Crippen LogP contribution in [0.1, 0.15) is 24.0 Å². The zero-order valence-corrected chi connectivity index (χ0v) is 15.6. The van der Waals surface area contributed by atoms with E-state index < -0.39 is 0 Å². The van der Waals surface area contributed by atoms with E-state index in [1.165, 1.54) is 11.1 Å². The van der Waals surface area contributed by atoms with Gasteiger partial charge in [0.2, 0.25) is 0 Å². The van der Waals surface area contributed by atoms with E-state index in [4.69, 9.17) is 23.2 Å². The van der Waals surface area contributed by atoms with E-state index in [1.54, 1.807) is 0 Å². The molecule has 0 spiro atoms. The van der Waals surface area contributed by atoms with Crippen LogP contribution in [0.3, 0.4) is 0 Å². The van der Waals surface area contributed by atoms with Gasteiger partial charge in [0, 0.05) is 29.0 Å². The summed E-state index contributed by atoms with van der Waals surface area (Å²) in [5.74, 6) is 0.598. The van der Waals surface area contributed by atoms with Crippen LogP contribution in [-0.2, 0) is 19.4 Å². The predicted octanol–water partition coefficient (Wildman–Crippen LogP) is 6.07. The number of aryl methyl sites for hydroxylation is 2. The quantitative estimate of drug-likeness (QED) is 0.468. The van der Waals surface area contributed by atoms with Crippen LogP contribution in [0.2, 0.25) is 10.0 Å². The molecule has 3 aromatic rings. The molecule has 4 heteroatoms. The Morgan fingerprint density at radius 1 is 0.800 bits per heavy atom. The van der Waals surface area contributed by atoms with Crippen LogP contribution < -0.4 is 0 Å². The Bertz CT molecular complexity index is 700. The molecule has 0 aliphatic carbocycles. The first-order valence-electron chi connectivity index (χ1n) is 8.63. The van der Waals surface area contributed by atoms with Gasteiger partial charge in [0.15, 0.2) is 0 Å². The molecule has 0 saturated carbocycles. The van der Waals surface area contributed by atoms with Crippen molar-refractivity contribution in [2.24, 2.45) is 5.92 Å². The zero-order chi connectivity index (χ0) is 17.5. The Morgan fingerprint density at radius 2 is 1.32 bits per heavy atom. The molecule has 0 unspecified atom stereocenters. The molecule has 0 bridgehead atoms. The van der Waals surface area contributed by atoms with Crippen molar-refractivity contribution in [1.29, 1.82) is 0 Å². The molecule has 0 saturated heterocycles. The molecule has 0 aliphatic heterocycles. The molecule has 2 aromatic carbocycles. The minimum absolute atomic E-state index is 0.598. The van der Waals surface area contributed by atoms with Crippen molar-refractivity contribution in [1.82, 2.24) is 9.55 Å². The number of rotatable bonds is 8. The molecule has 0 amide bonds. The maximum Gasteiger partial charge on any atom is 0.0945 e. The molecule has 0 aliphatic rings. The Labute approximate surface area is 159 Å². The van der Waals surface area contributed by atoms with Crippen LogP contribution >= 0.6 is 23.2 Å². The minimum Gasteiger partial charge on any atom is -0.337 e. The molecule has 0 N–H and O–H groups in total. The summed E-state index contributed by atoms with van der Waals surface area (Å²) in [6.45, 7) is 1.00. The number of benzene rings is 2. The van der Waals surface area contributed by atoms with E-state index in [-0.39, 0.29) is 0 Å². The maximum absolute atomic E-state index is 5.98. The summed E-state index contributed by atoms with van der Waals surface area (Å²) in [6, 6.07) is 16.4. The third-order valence-electron chi connectivity index (χ3n) is 4.54. The van der Waals surface area contributed by atoms with Crippen molar-refractivity contribution in [2.75, 3.05) is 0 Å². The molecule has 1 heterocycles. The standard InChI is InChI=1S/C21H22Cl2N2/c22-20-9-5-17(6-10-20)1-3-19(15-25-14-13-24-16-25)4-2-18-7-11-21(23)12-8-18/h5-14,16,19H,1-4,15H2. The molecular formula is C21H22Cl2N2. The highest BCUT2D eigenvalue weighted by Crippen LogP contribution is 2.20. The zero-order valence-electron chi connectivity index (χ0n) is 14.1. The maximum atomic E-state index is 5.98. The lowest BCUT2D eigenvalue weighted by Gasteiger charge is -2.18. The average molecular weight is 373 g/mol.